The summed E-state index contributed by atoms with van der Waals surface area (Å²) in [6.45, 7) is 6.14. The van der Waals surface area contributed by atoms with Gasteiger partial charge >= 0.3 is 0 Å². The number of benzene rings is 2. The van der Waals surface area contributed by atoms with E-state index < -0.39 is 21.0 Å². The van der Waals surface area contributed by atoms with Crippen LogP contribution in [0.25, 0.3) is 0 Å². The molecule has 2 aromatic carbocycles. The van der Waals surface area contributed by atoms with Crippen LogP contribution in [-0.4, -0.2) is 26.7 Å². The molecule has 0 radical (unpaired) electrons. The van der Waals surface area contributed by atoms with Crippen molar-refractivity contribution in [2.24, 2.45) is 0 Å². The third-order valence-corrected chi connectivity index (χ3v) is 8.36. The quantitative estimate of drug-likeness (QED) is 0.278. The Bertz CT molecular complexity index is 1000. The molecule has 1 unspecified atom stereocenters. The van der Waals surface area contributed by atoms with Crippen LogP contribution in [0.4, 0.5) is 5.69 Å². The van der Waals surface area contributed by atoms with Crippen LogP contribution in [0.3, 0.4) is 0 Å². The Morgan fingerprint density at radius 1 is 0.912 bits per heavy atom. The Morgan fingerprint density at radius 2 is 1.56 bits per heavy atom. The first-order valence-corrected chi connectivity index (χ1v) is 14.2. The maximum absolute atomic E-state index is 13.6. The number of hydrogen-bond donors (Lipinski definition) is 1. The molecule has 1 N–H and O–H groups in total. The summed E-state index contributed by atoms with van der Waals surface area (Å²) in [4.78, 5) is 13.6. The molecule has 0 aliphatic heterocycles. The standard InChI is InChI=1S/C28H41NO4S/c1-5-7-8-9-10-11-12-17-26(28(30)29-27-22(3)15-13-16-25(27)33-4)34(31,32)24-20-18-23(14-6-2)19-21-24/h13,15-16,18-21,26H,5-12,14,17H2,1-4H3,(H,29,30). The van der Waals surface area contributed by atoms with Gasteiger partial charge in [0.05, 0.1) is 17.7 Å². The van der Waals surface area contributed by atoms with Crippen molar-refractivity contribution in [1.29, 1.82) is 0 Å². The van der Waals surface area contributed by atoms with Gasteiger partial charge in [0.2, 0.25) is 5.91 Å². The predicted octanol–water partition coefficient (Wildman–Crippen LogP) is 6.88. The van der Waals surface area contributed by atoms with Gasteiger partial charge in [-0.1, -0.05) is 89.5 Å². The fourth-order valence-corrected chi connectivity index (χ4v) is 5.85. The van der Waals surface area contributed by atoms with Crippen LogP contribution in [0.2, 0.25) is 0 Å². The lowest BCUT2D eigenvalue weighted by molar-refractivity contribution is -0.116. The van der Waals surface area contributed by atoms with Crippen LogP contribution in [0, 0.1) is 6.92 Å². The van der Waals surface area contributed by atoms with E-state index in [4.69, 9.17) is 4.74 Å². The monoisotopic (exact) mass is 487 g/mol. The number of para-hydroxylation sites is 1. The maximum Gasteiger partial charge on any atom is 0.243 e. The summed E-state index contributed by atoms with van der Waals surface area (Å²) in [5, 5.41) is 1.71. The molecule has 5 nitrogen and oxygen atoms in total. The summed E-state index contributed by atoms with van der Waals surface area (Å²) in [5.74, 6) is 0.0144. The molecule has 1 amide bonds. The molecule has 0 saturated heterocycles. The molecule has 0 aliphatic carbocycles. The number of nitrogens with one attached hydrogen (secondary N) is 1. The molecule has 0 aliphatic rings. The molecule has 0 bridgehead atoms. The van der Waals surface area contributed by atoms with E-state index in [0.29, 0.717) is 24.3 Å². The minimum atomic E-state index is -3.84. The summed E-state index contributed by atoms with van der Waals surface area (Å²) >= 11 is 0. The first-order chi connectivity index (χ1) is 16.3. The maximum atomic E-state index is 13.6. The predicted molar refractivity (Wildman–Crippen MR) is 140 cm³/mol. The highest BCUT2D eigenvalue weighted by Gasteiger charge is 2.34. The van der Waals surface area contributed by atoms with Crippen molar-refractivity contribution in [3.63, 3.8) is 0 Å². The van der Waals surface area contributed by atoms with E-state index in [2.05, 4.69) is 19.2 Å². The van der Waals surface area contributed by atoms with Gasteiger partial charge in [-0.15, -0.1) is 0 Å². The highest BCUT2D eigenvalue weighted by atomic mass is 32.2. The smallest absolute Gasteiger partial charge is 0.243 e. The van der Waals surface area contributed by atoms with Crippen LogP contribution in [0.5, 0.6) is 5.75 Å². The highest BCUT2D eigenvalue weighted by Crippen LogP contribution is 2.30. The number of unbranched alkanes of at least 4 members (excludes halogenated alkanes) is 6. The number of carbonyl (C=O) groups excluding carboxylic acids is 1. The summed E-state index contributed by atoms with van der Waals surface area (Å²) in [7, 11) is -2.30. The zero-order valence-corrected chi connectivity index (χ0v) is 22.0. The third kappa shape index (κ3) is 7.86. The lowest BCUT2D eigenvalue weighted by Gasteiger charge is -2.20. The number of rotatable bonds is 15. The van der Waals surface area contributed by atoms with Crippen LogP contribution >= 0.6 is 0 Å². The molecule has 0 fully saturated rings. The van der Waals surface area contributed by atoms with Crippen LogP contribution in [0.15, 0.2) is 47.4 Å². The second kappa shape index (κ2) is 14.1. The number of methoxy groups -OCH3 is 1. The van der Waals surface area contributed by atoms with E-state index >= 15 is 0 Å². The topological polar surface area (TPSA) is 72.5 Å². The third-order valence-electron chi connectivity index (χ3n) is 6.23. The second-order valence-electron chi connectivity index (χ2n) is 8.98. The van der Waals surface area contributed by atoms with Gasteiger partial charge in [-0.05, 0) is 49.1 Å². The van der Waals surface area contributed by atoms with Gasteiger partial charge in [-0.3, -0.25) is 4.79 Å². The Labute approximate surface area is 206 Å². The SMILES string of the molecule is CCCCCCCCCC(C(=O)Nc1c(C)cccc1OC)S(=O)(=O)c1ccc(CCC)cc1. The van der Waals surface area contributed by atoms with Crippen molar-refractivity contribution in [2.75, 3.05) is 12.4 Å². The number of aryl methyl sites for hydroxylation is 2. The number of hydrogen-bond acceptors (Lipinski definition) is 4. The molecule has 6 heteroatoms. The van der Waals surface area contributed by atoms with E-state index in [9.17, 15) is 13.2 Å². The molecule has 1 atom stereocenters. The average Bonchev–Trinajstić information content (AvgIpc) is 2.82. The first-order valence-electron chi connectivity index (χ1n) is 12.6. The molecular weight excluding hydrogens is 446 g/mol. The van der Waals surface area contributed by atoms with Crippen LogP contribution in [0.1, 0.15) is 82.8 Å². The lowest BCUT2D eigenvalue weighted by Crippen LogP contribution is -2.35. The minimum absolute atomic E-state index is 0.201. The number of amides is 1. The van der Waals surface area contributed by atoms with E-state index in [0.717, 1.165) is 43.2 Å². The van der Waals surface area contributed by atoms with Crippen molar-refractivity contribution >= 4 is 21.4 Å². The van der Waals surface area contributed by atoms with Gasteiger partial charge in [0, 0.05) is 0 Å². The Hall–Kier alpha value is -2.34. The summed E-state index contributed by atoms with van der Waals surface area (Å²) in [5.41, 5.74) is 2.44. The molecule has 0 heterocycles. The summed E-state index contributed by atoms with van der Waals surface area (Å²) in [6.07, 6.45) is 9.65. The van der Waals surface area contributed by atoms with Crippen molar-refractivity contribution in [2.45, 2.75) is 95.1 Å². The Kier molecular flexibility index (Phi) is 11.6. The fraction of sp³-hybridized carbons (Fsp3) is 0.536. The van der Waals surface area contributed by atoms with Gasteiger partial charge in [-0.25, -0.2) is 8.42 Å². The van der Waals surface area contributed by atoms with Crippen molar-refractivity contribution in [1.82, 2.24) is 0 Å². The second-order valence-corrected chi connectivity index (χ2v) is 11.1. The lowest BCUT2D eigenvalue weighted by atomic mass is 10.1. The first kappa shape index (κ1) is 27.9. The number of ether oxygens (including phenoxy) is 1. The molecular formula is C28H41NO4S. The molecule has 188 valence electrons. The molecule has 0 saturated carbocycles. The largest absolute Gasteiger partial charge is 0.495 e. The zero-order chi connectivity index (χ0) is 25.0. The molecule has 2 rings (SSSR count). The van der Waals surface area contributed by atoms with E-state index in [1.54, 1.807) is 18.2 Å². The number of carbonyl (C=O) groups is 1. The summed E-state index contributed by atoms with van der Waals surface area (Å²) in [6, 6.07) is 12.4. The molecule has 0 aromatic heterocycles. The van der Waals surface area contributed by atoms with Crippen LogP contribution < -0.4 is 10.1 Å². The van der Waals surface area contributed by atoms with E-state index in [-0.39, 0.29) is 4.90 Å². The minimum Gasteiger partial charge on any atom is -0.495 e. The Balaban J connectivity index is 2.23. The number of sulfone groups is 1. The van der Waals surface area contributed by atoms with Gasteiger partial charge < -0.3 is 10.1 Å². The average molecular weight is 488 g/mol. The van der Waals surface area contributed by atoms with Gasteiger partial charge in [0.15, 0.2) is 9.84 Å². The van der Waals surface area contributed by atoms with E-state index in [1.807, 2.05) is 31.2 Å². The van der Waals surface area contributed by atoms with Gasteiger partial charge in [-0.2, -0.15) is 0 Å². The highest BCUT2D eigenvalue weighted by molar-refractivity contribution is 7.92. The van der Waals surface area contributed by atoms with Crippen LogP contribution in [-0.2, 0) is 21.1 Å². The van der Waals surface area contributed by atoms with Crippen molar-refractivity contribution < 1.29 is 17.9 Å². The fourth-order valence-electron chi connectivity index (χ4n) is 4.19. The Morgan fingerprint density at radius 3 is 2.18 bits per heavy atom. The zero-order valence-electron chi connectivity index (χ0n) is 21.2. The van der Waals surface area contributed by atoms with Crippen molar-refractivity contribution in [3.05, 3.63) is 53.6 Å². The molecule has 0 spiro atoms. The van der Waals surface area contributed by atoms with Gasteiger partial charge in [0.1, 0.15) is 11.0 Å². The normalized spacial score (nSPS) is 12.4. The molecule has 34 heavy (non-hydrogen) atoms. The van der Waals surface area contributed by atoms with Crippen molar-refractivity contribution in [3.8, 4) is 5.75 Å². The summed E-state index contributed by atoms with van der Waals surface area (Å²) < 4.78 is 32.6. The van der Waals surface area contributed by atoms with Gasteiger partial charge in [0.25, 0.3) is 0 Å². The number of anilines is 1. The molecule has 2 aromatic rings. The van der Waals surface area contributed by atoms with E-state index in [1.165, 1.54) is 26.4 Å².